The normalized spacial score (nSPS) is 25.4. The molecule has 112 valence electrons. The van der Waals surface area contributed by atoms with E-state index in [1.165, 1.54) is 18.5 Å². The van der Waals surface area contributed by atoms with Crippen molar-refractivity contribution >= 4 is 0 Å². The second-order valence-electron chi connectivity index (χ2n) is 5.50. The molecule has 1 aromatic carbocycles. The molecule has 1 fully saturated rings. The number of hydrogen-bond acceptors (Lipinski definition) is 3. The third-order valence-electron chi connectivity index (χ3n) is 4.10. The SMILES string of the molecule is CC[C@@H]1CO[C@@](Cn2cncn2)(c2ccc(F)cc2F)C1. The largest absolute Gasteiger partial charge is 0.368 e. The zero-order chi connectivity index (χ0) is 14.9. The zero-order valence-corrected chi connectivity index (χ0v) is 11.8. The molecule has 2 atom stereocenters. The Kier molecular flexibility index (Phi) is 3.71. The van der Waals surface area contributed by atoms with E-state index in [2.05, 4.69) is 17.0 Å². The summed E-state index contributed by atoms with van der Waals surface area (Å²) < 4.78 is 35.0. The molecule has 0 bridgehead atoms. The molecule has 4 nitrogen and oxygen atoms in total. The first-order valence-corrected chi connectivity index (χ1v) is 7.05. The Morgan fingerprint density at radius 3 is 2.90 bits per heavy atom. The van der Waals surface area contributed by atoms with Gasteiger partial charge in [-0.25, -0.2) is 18.4 Å². The first kappa shape index (κ1) is 14.1. The van der Waals surface area contributed by atoms with Crippen LogP contribution in [0.5, 0.6) is 0 Å². The molecule has 0 amide bonds. The number of benzene rings is 1. The van der Waals surface area contributed by atoms with Crippen molar-refractivity contribution in [1.82, 2.24) is 14.8 Å². The smallest absolute Gasteiger partial charge is 0.137 e. The molecule has 21 heavy (non-hydrogen) atoms. The molecule has 1 saturated heterocycles. The van der Waals surface area contributed by atoms with Crippen molar-refractivity contribution in [2.24, 2.45) is 5.92 Å². The van der Waals surface area contributed by atoms with Gasteiger partial charge >= 0.3 is 0 Å². The Balaban J connectivity index is 1.99. The highest BCUT2D eigenvalue weighted by atomic mass is 19.1. The van der Waals surface area contributed by atoms with Crippen LogP contribution in [-0.4, -0.2) is 21.4 Å². The second kappa shape index (κ2) is 5.52. The maximum Gasteiger partial charge on any atom is 0.137 e. The minimum Gasteiger partial charge on any atom is -0.368 e. The van der Waals surface area contributed by atoms with Gasteiger partial charge in [0.05, 0.1) is 13.2 Å². The molecule has 0 saturated carbocycles. The molecular weight excluding hydrogens is 276 g/mol. The maximum atomic E-state index is 14.2. The highest BCUT2D eigenvalue weighted by Gasteiger charge is 2.43. The van der Waals surface area contributed by atoms with Crippen LogP contribution in [-0.2, 0) is 16.9 Å². The summed E-state index contributed by atoms with van der Waals surface area (Å²) in [5.74, 6) is -0.804. The predicted octanol–water partition coefficient (Wildman–Crippen LogP) is 2.90. The van der Waals surface area contributed by atoms with E-state index >= 15 is 0 Å². The van der Waals surface area contributed by atoms with Crippen molar-refractivity contribution in [1.29, 1.82) is 0 Å². The summed E-state index contributed by atoms with van der Waals surface area (Å²) in [7, 11) is 0. The lowest BCUT2D eigenvalue weighted by atomic mass is 9.86. The second-order valence-corrected chi connectivity index (χ2v) is 5.50. The van der Waals surface area contributed by atoms with Crippen molar-refractivity contribution in [2.45, 2.75) is 31.9 Å². The van der Waals surface area contributed by atoms with Gasteiger partial charge in [0.15, 0.2) is 0 Å². The van der Waals surface area contributed by atoms with Gasteiger partial charge in [-0.15, -0.1) is 0 Å². The van der Waals surface area contributed by atoms with E-state index in [-0.39, 0.29) is 0 Å². The van der Waals surface area contributed by atoms with Crippen molar-refractivity contribution in [3.63, 3.8) is 0 Å². The Labute approximate surface area is 121 Å². The van der Waals surface area contributed by atoms with Crippen LogP contribution >= 0.6 is 0 Å². The molecular formula is C15H17F2N3O. The van der Waals surface area contributed by atoms with Crippen molar-refractivity contribution < 1.29 is 13.5 Å². The van der Waals surface area contributed by atoms with Crippen LogP contribution < -0.4 is 0 Å². The van der Waals surface area contributed by atoms with Crippen molar-refractivity contribution in [3.05, 3.63) is 48.1 Å². The number of aromatic nitrogens is 3. The molecule has 0 unspecified atom stereocenters. The van der Waals surface area contributed by atoms with Crippen LogP contribution in [0.2, 0.25) is 0 Å². The van der Waals surface area contributed by atoms with Gasteiger partial charge in [0, 0.05) is 11.6 Å². The predicted molar refractivity (Wildman–Crippen MR) is 72.4 cm³/mol. The molecule has 0 radical (unpaired) electrons. The summed E-state index contributed by atoms with van der Waals surface area (Å²) in [5, 5.41) is 4.08. The van der Waals surface area contributed by atoms with Gasteiger partial charge in [0.25, 0.3) is 0 Å². The fourth-order valence-electron chi connectivity index (χ4n) is 2.94. The summed E-state index contributed by atoms with van der Waals surface area (Å²) in [6.45, 7) is 3.02. The number of rotatable bonds is 4. The Morgan fingerprint density at radius 2 is 2.29 bits per heavy atom. The molecule has 1 aromatic heterocycles. The standard InChI is InChI=1S/C15H17F2N3O/c1-2-11-6-15(21-7-11,8-20-10-18-9-19-20)13-4-3-12(16)5-14(13)17/h3-5,9-11H,2,6-8H2,1H3/t11-,15-/m0/s1. The van der Waals surface area contributed by atoms with E-state index in [1.54, 1.807) is 11.0 Å². The number of ether oxygens (including phenoxy) is 1. The fourth-order valence-corrected chi connectivity index (χ4v) is 2.94. The summed E-state index contributed by atoms with van der Waals surface area (Å²) in [6.07, 6.45) is 4.65. The lowest BCUT2D eigenvalue weighted by Gasteiger charge is -2.29. The Morgan fingerprint density at radius 1 is 1.43 bits per heavy atom. The lowest BCUT2D eigenvalue weighted by Crippen LogP contribution is -2.32. The summed E-state index contributed by atoms with van der Waals surface area (Å²) in [5.41, 5.74) is -0.429. The van der Waals surface area contributed by atoms with Crippen LogP contribution in [0, 0.1) is 17.6 Å². The van der Waals surface area contributed by atoms with Crippen LogP contribution in [0.1, 0.15) is 25.3 Å². The van der Waals surface area contributed by atoms with Gasteiger partial charge in [-0.3, -0.25) is 0 Å². The van der Waals surface area contributed by atoms with Crippen molar-refractivity contribution in [2.75, 3.05) is 6.61 Å². The van der Waals surface area contributed by atoms with Gasteiger partial charge in [-0.2, -0.15) is 5.10 Å². The van der Waals surface area contributed by atoms with Crippen LogP contribution in [0.4, 0.5) is 8.78 Å². The molecule has 0 spiro atoms. The van der Waals surface area contributed by atoms with Gasteiger partial charge < -0.3 is 4.74 Å². The van der Waals surface area contributed by atoms with Gasteiger partial charge in [-0.05, 0) is 18.4 Å². The number of halogens is 2. The molecule has 3 rings (SSSR count). The molecule has 1 aliphatic rings. The quantitative estimate of drug-likeness (QED) is 0.870. The highest BCUT2D eigenvalue weighted by Crippen LogP contribution is 2.42. The van der Waals surface area contributed by atoms with Gasteiger partial charge in [0.2, 0.25) is 0 Å². The Hall–Kier alpha value is -1.82. The third-order valence-corrected chi connectivity index (χ3v) is 4.10. The lowest BCUT2D eigenvalue weighted by molar-refractivity contribution is -0.0204. The van der Waals surface area contributed by atoms with E-state index in [0.29, 0.717) is 31.1 Å². The minimum atomic E-state index is -0.813. The first-order chi connectivity index (χ1) is 10.1. The zero-order valence-electron chi connectivity index (χ0n) is 11.8. The number of nitrogens with zero attached hydrogens (tertiary/aromatic N) is 3. The molecule has 0 aliphatic carbocycles. The fraction of sp³-hybridized carbons (Fsp3) is 0.467. The van der Waals surface area contributed by atoms with Crippen LogP contribution in [0.3, 0.4) is 0 Å². The average molecular weight is 293 g/mol. The molecule has 0 N–H and O–H groups in total. The van der Waals surface area contributed by atoms with E-state index < -0.39 is 17.2 Å². The van der Waals surface area contributed by atoms with E-state index in [9.17, 15) is 8.78 Å². The van der Waals surface area contributed by atoms with Gasteiger partial charge in [-0.1, -0.05) is 19.4 Å². The topological polar surface area (TPSA) is 39.9 Å². The van der Waals surface area contributed by atoms with E-state index in [1.807, 2.05) is 0 Å². The third kappa shape index (κ3) is 2.68. The minimum absolute atomic E-state index is 0.359. The van der Waals surface area contributed by atoms with Crippen LogP contribution in [0.25, 0.3) is 0 Å². The highest BCUT2D eigenvalue weighted by molar-refractivity contribution is 5.26. The summed E-state index contributed by atoms with van der Waals surface area (Å²) >= 11 is 0. The van der Waals surface area contributed by atoms with E-state index in [0.717, 1.165) is 12.5 Å². The van der Waals surface area contributed by atoms with E-state index in [4.69, 9.17) is 4.74 Å². The van der Waals surface area contributed by atoms with Gasteiger partial charge in [0.1, 0.15) is 29.9 Å². The van der Waals surface area contributed by atoms with Crippen molar-refractivity contribution in [3.8, 4) is 0 Å². The average Bonchev–Trinajstić information content (AvgIpc) is 3.09. The summed E-state index contributed by atoms with van der Waals surface area (Å²) in [4.78, 5) is 3.91. The van der Waals surface area contributed by atoms with Crippen LogP contribution in [0.15, 0.2) is 30.9 Å². The number of hydrogen-bond donors (Lipinski definition) is 0. The molecule has 2 heterocycles. The molecule has 6 heteroatoms. The molecule has 1 aliphatic heterocycles. The molecule has 2 aromatic rings. The monoisotopic (exact) mass is 293 g/mol. The maximum absolute atomic E-state index is 14.2. The Bertz CT molecular complexity index is 617. The summed E-state index contributed by atoms with van der Waals surface area (Å²) in [6, 6.07) is 3.64. The first-order valence-electron chi connectivity index (χ1n) is 7.05.